The number of pyridine rings is 1. The SMILES string of the molecule is N#Cc1c[nH]c2cc(NC(=O)c3c[nH]c4ccccc4c3=O)ccc12. The van der Waals surface area contributed by atoms with Crippen LogP contribution in [0, 0.1) is 11.3 Å². The number of nitriles is 1. The lowest BCUT2D eigenvalue weighted by Crippen LogP contribution is -2.21. The number of H-pyrrole nitrogens is 2. The molecule has 0 unspecified atom stereocenters. The fourth-order valence-corrected chi connectivity index (χ4v) is 2.83. The van der Waals surface area contributed by atoms with Crippen molar-refractivity contribution in [1.82, 2.24) is 9.97 Å². The third-order valence-corrected chi connectivity index (χ3v) is 4.09. The van der Waals surface area contributed by atoms with E-state index < -0.39 is 5.91 Å². The Hall–Kier alpha value is -3.85. The van der Waals surface area contributed by atoms with Crippen LogP contribution in [0.5, 0.6) is 0 Å². The maximum Gasteiger partial charge on any atom is 0.261 e. The number of benzene rings is 2. The Morgan fingerprint density at radius 2 is 1.80 bits per heavy atom. The van der Waals surface area contributed by atoms with Gasteiger partial charge in [0.2, 0.25) is 5.43 Å². The van der Waals surface area contributed by atoms with Gasteiger partial charge in [-0.1, -0.05) is 12.1 Å². The lowest BCUT2D eigenvalue weighted by atomic mass is 10.1. The second-order valence-electron chi connectivity index (χ2n) is 5.61. The number of carbonyl (C=O) groups excluding carboxylic acids is 1. The first kappa shape index (κ1) is 14.7. The Balaban J connectivity index is 1.69. The van der Waals surface area contributed by atoms with Crippen LogP contribution in [0.4, 0.5) is 5.69 Å². The molecule has 2 aromatic carbocycles. The van der Waals surface area contributed by atoms with E-state index in [1.807, 2.05) is 6.07 Å². The highest BCUT2D eigenvalue weighted by Crippen LogP contribution is 2.21. The zero-order valence-corrected chi connectivity index (χ0v) is 13.0. The van der Waals surface area contributed by atoms with Gasteiger partial charge in [0.05, 0.1) is 5.56 Å². The number of hydrogen-bond acceptors (Lipinski definition) is 3. The van der Waals surface area contributed by atoms with Crippen LogP contribution in [0.1, 0.15) is 15.9 Å². The molecule has 25 heavy (non-hydrogen) atoms. The molecule has 0 aliphatic rings. The second kappa shape index (κ2) is 5.65. The Kier molecular flexibility index (Phi) is 3.33. The highest BCUT2D eigenvalue weighted by Gasteiger charge is 2.13. The number of nitrogens with zero attached hydrogens (tertiary/aromatic N) is 1. The highest BCUT2D eigenvalue weighted by molar-refractivity contribution is 6.06. The summed E-state index contributed by atoms with van der Waals surface area (Å²) in [4.78, 5) is 30.9. The largest absolute Gasteiger partial charge is 0.360 e. The van der Waals surface area contributed by atoms with Crippen molar-refractivity contribution >= 4 is 33.4 Å². The van der Waals surface area contributed by atoms with E-state index >= 15 is 0 Å². The maximum atomic E-state index is 12.5. The molecule has 0 aliphatic heterocycles. The van der Waals surface area contributed by atoms with Gasteiger partial charge >= 0.3 is 0 Å². The quantitative estimate of drug-likeness (QED) is 0.527. The lowest BCUT2D eigenvalue weighted by molar-refractivity contribution is 0.102. The van der Waals surface area contributed by atoms with Gasteiger partial charge in [-0.3, -0.25) is 9.59 Å². The molecule has 2 aromatic heterocycles. The Labute approximate surface area is 141 Å². The predicted molar refractivity (Wildman–Crippen MR) is 95.5 cm³/mol. The molecule has 6 nitrogen and oxygen atoms in total. The standard InChI is InChI=1S/C19H12N4O2/c20-8-11-9-21-17-7-12(5-6-13(11)17)23-19(25)15-10-22-16-4-2-1-3-14(16)18(15)24/h1-7,9-10,21H,(H,22,24)(H,23,25). The van der Waals surface area contributed by atoms with E-state index in [1.54, 1.807) is 42.6 Å². The van der Waals surface area contributed by atoms with Crippen LogP contribution in [0.25, 0.3) is 21.8 Å². The number of carbonyl (C=O) groups is 1. The van der Waals surface area contributed by atoms with E-state index in [9.17, 15) is 9.59 Å². The van der Waals surface area contributed by atoms with Crippen molar-refractivity contribution < 1.29 is 4.79 Å². The average molecular weight is 328 g/mol. The molecular weight excluding hydrogens is 316 g/mol. The number of amides is 1. The summed E-state index contributed by atoms with van der Waals surface area (Å²) in [6.07, 6.45) is 3.03. The molecule has 0 radical (unpaired) electrons. The lowest BCUT2D eigenvalue weighted by Gasteiger charge is -2.06. The third kappa shape index (κ3) is 2.44. The van der Waals surface area contributed by atoms with Crippen molar-refractivity contribution in [2.75, 3.05) is 5.32 Å². The number of aromatic nitrogens is 2. The summed E-state index contributed by atoms with van der Waals surface area (Å²) in [6.45, 7) is 0. The van der Waals surface area contributed by atoms with Crippen molar-refractivity contribution in [3.63, 3.8) is 0 Å². The van der Waals surface area contributed by atoms with Gasteiger partial charge in [0.1, 0.15) is 11.6 Å². The third-order valence-electron chi connectivity index (χ3n) is 4.09. The molecule has 3 N–H and O–H groups in total. The van der Waals surface area contributed by atoms with Crippen molar-refractivity contribution in [3.05, 3.63) is 76.2 Å². The molecule has 0 spiro atoms. The summed E-state index contributed by atoms with van der Waals surface area (Å²) in [5.41, 5.74) is 2.22. The normalized spacial score (nSPS) is 10.7. The van der Waals surface area contributed by atoms with Gasteiger partial charge < -0.3 is 15.3 Å². The maximum absolute atomic E-state index is 12.5. The Morgan fingerprint density at radius 3 is 2.64 bits per heavy atom. The van der Waals surface area contributed by atoms with Gasteiger partial charge in [-0.15, -0.1) is 0 Å². The van der Waals surface area contributed by atoms with Crippen molar-refractivity contribution in [3.8, 4) is 6.07 Å². The Morgan fingerprint density at radius 1 is 1.00 bits per heavy atom. The number of para-hydroxylation sites is 1. The molecule has 6 heteroatoms. The minimum atomic E-state index is -0.488. The van der Waals surface area contributed by atoms with E-state index in [0.717, 1.165) is 10.9 Å². The van der Waals surface area contributed by atoms with E-state index in [2.05, 4.69) is 21.4 Å². The first-order chi connectivity index (χ1) is 12.2. The minimum absolute atomic E-state index is 0.0444. The zero-order valence-electron chi connectivity index (χ0n) is 13.0. The zero-order chi connectivity index (χ0) is 17.4. The Bertz CT molecular complexity index is 1230. The number of rotatable bonds is 2. The monoisotopic (exact) mass is 328 g/mol. The molecule has 0 fully saturated rings. The molecule has 0 atom stereocenters. The topological polar surface area (TPSA) is 102 Å². The molecular formula is C19H12N4O2. The number of aromatic amines is 2. The molecule has 0 bridgehead atoms. The first-order valence-electron chi connectivity index (χ1n) is 7.60. The van der Waals surface area contributed by atoms with Crippen LogP contribution >= 0.6 is 0 Å². The number of anilines is 1. The molecule has 0 aliphatic carbocycles. The highest BCUT2D eigenvalue weighted by atomic mass is 16.2. The molecule has 1 amide bonds. The summed E-state index contributed by atoms with van der Waals surface area (Å²) < 4.78 is 0. The molecule has 0 saturated carbocycles. The van der Waals surface area contributed by atoms with Crippen LogP contribution in [-0.4, -0.2) is 15.9 Å². The molecule has 120 valence electrons. The summed E-state index contributed by atoms with van der Waals surface area (Å²) in [6, 6.07) is 14.3. The number of fused-ring (bicyclic) bond motifs is 2. The van der Waals surface area contributed by atoms with Gasteiger partial charge in [-0.2, -0.15) is 5.26 Å². The van der Waals surface area contributed by atoms with E-state index in [4.69, 9.17) is 5.26 Å². The second-order valence-corrected chi connectivity index (χ2v) is 5.61. The van der Waals surface area contributed by atoms with E-state index in [1.165, 1.54) is 6.20 Å². The molecule has 2 heterocycles. The van der Waals surface area contributed by atoms with Crippen LogP contribution < -0.4 is 10.7 Å². The van der Waals surface area contributed by atoms with Crippen LogP contribution in [0.3, 0.4) is 0 Å². The number of nitrogens with one attached hydrogen (secondary N) is 3. The van der Waals surface area contributed by atoms with Crippen molar-refractivity contribution in [1.29, 1.82) is 5.26 Å². The van der Waals surface area contributed by atoms with Gasteiger partial charge in [-0.25, -0.2) is 0 Å². The van der Waals surface area contributed by atoms with Gasteiger partial charge in [0, 0.05) is 39.9 Å². The minimum Gasteiger partial charge on any atom is -0.360 e. The van der Waals surface area contributed by atoms with Crippen molar-refractivity contribution in [2.45, 2.75) is 0 Å². The van der Waals surface area contributed by atoms with E-state index in [0.29, 0.717) is 22.2 Å². The van der Waals surface area contributed by atoms with Crippen LogP contribution in [-0.2, 0) is 0 Å². The van der Waals surface area contributed by atoms with Gasteiger partial charge in [0.15, 0.2) is 0 Å². The van der Waals surface area contributed by atoms with E-state index in [-0.39, 0.29) is 11.0 Å². The molecule has 0 saturated heterocycles. The summed E-state index contributed by atoms with van der Waals surface area (Å²) >= 11 is 0. The summed E-state index contributed by atoms with van der Waals surface area (Å²) in [5.74, 6) is -0.488. The fourth-order valence-electron chi connectivity index (χ4n) is 2.83. The summed E-state index contributed by atoms with van der Waals surface area (Å²) in [7, 11) is 0. The van der Waals surface area contributed by atoms with Crippen molar-refractivity contribution in [2.24, 2.45) is 0 Å². The average Bonchev–Trinajstić information content (AvgIpc) is 3.04. The predicted octanol–water partition coefficient (Wildman–Crippen LogP) is 3.13. The number of hydrogen-bond donors (Lipinski definition) is 3. The van der Waals surface area contributed by atoms with Gasteiger partial charge in [0.25, 0.3) is 5.91 Å². The smallest absolute Gasteiger partial charge is 0.261 e. The fraction of sp³-hybridized carbons (Fsp3) is 0. The summed E-state index contributed by atoms with van der Waals surface area (Å²) in [5, 5.41) is 13.0. The molecule has 4 rings (SSSR count). The van der Waals surface area contributed by atoms with Gasteiger partial charge in [-0.05, 0) is 30.3 Å². The van der Waals surface area contributed by atoms with Crippen LogP contribution in [0.2, 0.25) is 0 Å². The van der Waals surface area contributed by atoms with Crippen LogP contribution in [0.15, 0.2) is 59.7 Å². The molecule has 4 aromatic rings. The first-order valence-corrected chi connectivity index (χ1v) is 7.60.